The minimum absolute atomic E-state index is 0.296. The fourth-order valence-electron chi connectivity index (χ4n) is 1.82. The van der Waals surface area contributed by atoms with E-state index in [1.807, 2.05) is 0 Å². The van der Waals surface area contributed by atoms with Crippen LogP contribution in [0.3, 0.4) is 0 Å². The predicted octanol–water partition coefficient (Wildman–Crippen LogP) is 2.68. The fourth-order valence-corrected chi connectivity index (χ4v) is 1.82. The SMILES string of the molecule is CC(=O)C(OC(=O)c1ccccc1)C(=O)c1ccccc1. The van der Waals surface area contributed by atoms with Crippen LogP contribution in [0.5, 0.6) is 0 Å². The summed E-state index contributed by atoms with van der Waals surface area (Å²) in [6.07, 6.45) is -1.42. The molecule has 0 spiro atoms. The normalized spacial score (nSPS) is 11.5. The maximum atomic E-state index is 12.3. The van der Waals surface area contributed by atoms with Crippen LogP contribution in [0, 0.1) is 0 Å². The zero-order chi connectivity index (χ0) is 15.2. The molecule has 21 heavy (non-hydrogen) atoms. The van der Waals surface area contributed by atoms with Crippen LogP contribution in [0.2, 0.25) is 0 Å². The molecule has 0 amide bonds. The smallest absolute Gasteiger partial charge is 0.339 e. The molecule has 0 aliphatic carbocycles. The molecule has 0 saturated carbocycles. The molecule has 2 aromatic rings. The van der Waals surface area contributed by atoms with Gasteiger partial charge in [0.05, 0.1) is 5.56 Å². The molecule has 1 unspecified atom stereocenters. The molecule has 0 N–H and O–H groups in total. The summed E-state index contributed by atoms with van der Waals surface area (Å²) in [5, 5.41) is 0. The Hall–Kier alpha value is -2.75. The van der Waals surface area contributed by atoms with E-state index in [-0.39, 0.29) is 0 Å². The van der Waals surface area contributed by atoms with E-state index in [9.17, 15) is 14.4 Å². The Morgan fingerprint density at radius 2 is 1.29 bits per heavy atom. The lowest BCUT2D eigenvalue weighted by molar-refractivity contribution is -0.123. The minimum Gasteiger partial charge on any atom is -0.442 e. The Labute approximate surface area is 122 Å². The summed E-state index contributed by atoms with van der Waals surface area (Å²) in [7, 11) is 0. The van der Waals surface area contributed by atoms with Gasteiger partial charge in [0, 0.05) is 5.56 Å². The van der Waals surface area contributed by atoms with Crippen molar-refractivity contribution in [3.63, 3.8) is 0 Å². The first-order valence-corrected chi connectivity index (χ1v) is 6.45. The molecule has 0 aliphatic rings. The Morgan fingerprint density at radius 1 is 0.810 bits per heavy atom. The van der Waals surface area contributed by atoms with Gasteiger partial charge in [-0.25, -0.2) is 4.79 Å². The van der Waals surface area contributed by atoms with Crippen molar-refractivity contribution in [2.24, 2.45) is 0 Å². The number of benzene rings is 2. The van der Waals surface area contributed by atoms with Gasteiger partial charge in [0.15, 0.2) is 5.78 Å². The third kappa shape index (κ3) is 3.63. The first-order valence-electron chi connectivity index (χ1n) is 6.45. The second-order valence-electron chi connectivity index (χ2n) is 4.49. The molecule has 0 aliphatic heterocycles. The van der Waals surface area contributed by atoms with Crippen LogP contribution in [-0.2, 0) is 9.53 Å². The number of esters is 1. The molecular formula is C17H14O4. The number of ketones is 2. The summed E-state index contributed by atoms with van der Waals surface area (Å²) in [6.45, 7) is 1.23. The van der Waals surface area contributed by atoms with E-state index < -0.39 is 23.6 Å². The molecule has 0 bridgehead atoms. The monoisotopic (exact) mass is 282 g/mol. The third-order valence-corrected chi connectivity index (χ3v) is 2.90. The zero-order valence-electron chi connectivity index (χ0n) is 11.5. The number of carbonyl (C=O) groups excluding carboxylic acids is 3. The Bertz CT molecular complexity index is 647. The summed E-state index contributed by atoms with van der Waals surface area (Å²) in [4.78, 5) is 35.9. The van der Waals surface area contributed by atoms with Gasteiger partial charge < -0.3 is 4.74 Å². The van der Waals surface area contributed by atoms with E-state index in [1.54, 1.807) is 60.7 Å². The summed E-state index contributed by atoms with van der Waals surface area (Å²) in [5.74, 6) is -1.72. The lowest BCUT2D eigenvalue weighted by Crippen LogP contribution is -2.33. The standard InChI is InChI=1S/C17H14O4/c1-12(18)16(15(19)13-8-4-2-5-9-13)21-17(20)14-10-6-3-7-11-14/h2-11,16H,1H3. The van der Waals surface area contributed by atoms with Crippen LogP contribution in [0.1, 0.15) is 27.6 Å². The van der Waals surface area contributed by atoms with Crippen molar-refractivity contribution >= 4 is 17.5 Å². The maximum absolute atomic E-state index is 12.3. The van der Waals surface area contributed by atoms with Crippen molar-refractivity contribution < 1.29 is 19.1 Å². The van der Waals surface area contributed by atoms with Gasteiger partial charge in [0.1, 0.15) is 0 Å². The van der Waals surface area contributed by atoms with Crippen molar-refractivity contribution in [1.82, 2.24) is 0 Å². The first kappa shape index (κ1) is 14.7. The molecule has 0 fully saturated rings. The maximum Gasteiger partial charge on any atom is 0.339 e. The van der Waals surface area contributed by atoms with Crippen LogP contribution in [-0.4, -0.2) is 23.6 Å². The molecule has 0 radical (unpaired) electrons. The number of Topliss-reactive ketones (excluding diaryl/α,β-unsaturated/α-hetero) is 2. The van der Waals surface area contributed by atoms with Crippen molar-refractivity contribution in [1.29, 1.82) is 0 Å². The Morgan fingerprint density at radius 3 is 1.76 bits per heavy atom. The van der Waals surface area contributed by atoms with Gasteiger partial charge in [-0.3, -0.25) is 9.59 Å². The highest BCUT2D eigenvalue weighted by molar-refractivity contribution is 6.14. The van der Waals surface area contributed by atoms with Crippen molar-refractivity contribution in [2.75, 3.05) is 0 Å². The molecule has 4 nitrogen and oxygen atoms in total. The number of hydrogen-bond acceptors (Lipinski definition) is 4. The van der Waals surface area contributed by atoms with Crippen molar-refractivity contribution in [2.45, 2.75) is 13.0 Å². The van der Waals surface area contributed by atoms with Gasteiger partial charge in [0.25, 0.3) is 0 Å². The van der Waals surface area contributed by atoms with Crippen LogP contribution in [0.15, 0.2) is 60.7 Å². The number of ether oxygens (including phenoxy) is 1. The van der Waals surface area contributed by atoms with E-state index in [2.05, 4.69) is 0 Å². The second-order valence-corrected chi connectivity index (χ2v) is 4.49. The van der Waals surface area contributed by atoms with E-state index in [4.69, 9.17) is 4.74 Å². The van der Waals surface area contributed by atoms with E-state index in [1.165, 1.54) is 6.92 Å². The lowest BCUT2D eigenvalue weighted by Gasteiger charge is -2.14. The topological polar surface area (TPSA) is 60.4 Å². The number of carbonyl (C=O) groups is 3. The molecule has 0 aromatic heterocycles. The van der Waals surface area contributed by atoms with Gasteiger partial charge in [-0.1, -0.05) is 48.5 Å². The van der Waals surface area contributed by atoms with Gasteiger partial charge in [-0.2, -0.15) is 0 Å². The highest BCUT2D eigenvalue weighted by atomic mass is 16.5. The molecule has 4 heteroatoms. The summed E-state index contributed by atoms with van der Waals surface area (Å²) in [6, 6.07) is 16.5. The van der Waals surface area contributed by atoms with Crippen molar-refractivity contribution in [3.8, 4) is 0 Å². The molecule has 1 atom stereocenters. The molecule has 2 aromatic carbocycles. The molecular weight excluding hydrogens is 268 g/mol. The average molecular weight is 282 g/mol. The quantitative estimate of drug-likeness (QED) is 0.480. The van der Waals surface area contributed by atoms with Gasteiger partial charge in [-0.05, 0) is 19.1 Å². The number of hydrogen-bond donors (Lipinski definition) is 0. The lowest BCUT2D eigenvalue weighted by atomic mass is 10.0. The molecule has 0 saturated heterocycles. The third-order valence-electron chi connectivity index (χ3n) is 2.90. The predicted molar refractivity (Wildman–Crippen MR) is 77.1 cm³/mol. The van der Waals surface area contributed by atoms with Gasteiger partial charge in [0.2, 0.25) is 11.9 Å². The van der Waals surface area contributed by atoms with E-state index in [0.29, 0.717) is 11.1 Å². The summed E-state index contributed by atoms with van der Waals surface area (Å²) in [5.41, 5.74) is 0.628. The summed E-state index contributed by atoms with van der Waals surface area (Å²) < 4.78 is 5.08. The molecule has 106 valence electrons. The van der Waals surface area contributed by atoms with E-state index >= 15 is 0 Å². The van der Waals surface area contributed by atoms with Crippen LogP contribution in [0.4, 0.5) is 0 Å². The fraction of sp³-hybridized carbons (Fsp3) is 0.118. The first-order chi connectivity index (χ1) is 10.1. The van der Waals surface area contributed by atoms with Crippen LogP contribution in [0.25, 0.3) is 0 Å². The van der Waals surface area contributed by atoms with E-state index in [0.717, 1.165) is 0 Å². The Kier molecular flexibility index (Phi) is 4.61. The highest BCUT2D eigenvalue weighted by Gasteiger charge is 2.28. The average Bonchev–Trinajstić information content (AvgIpc) is 2.53. The second kappa shape index (κ2) is 6.61. The Balaban J connectivity index is 2.19. The summed E-state index contributed by atoms with van der Waals surface area (Å²) >= 11 is 0. The minimum atomic E-state index is -1.42. The zero-order valence-corrected chi connectivity index (χ0v) is 11.5. The largest absolute Gasteiger partial charge is 0.442 e. The van der Waals surface area contributed by atoms with Gasteiger partial charge >= 0.3 is 5.97 Å². The molecule has 2 rings (SSSR count). The van der Waals surface area contributed by atoms with Crippen LogP contribution >= 0.6 is 0 Å². The highest BCUT2D eigenvalue weighted by Crippen LogP contribution is 2.11. The number of rotatable bonds is 5. The van der Waals surface area contributed by atoms with Crippen molar-refractivity contribution in [3.05, 3.63) is 71.8 Å². The molecule has 0 heterocycles. The van der Waals surface area contributed by atoms with Gasteiger partial charge in [-0.15, -0.1) is 0 Å². The van der Waals surface area contributed by atoms with Crippen LogP contribution < -0.4 is 0 Å².